The highest BCUT2D eigenvalue weighted by molar-refractivity contribution is 7.87. The number of hydrogen-bond acceptors (Lipinski definition) is 8. The predicted octanol–water partition coefficient (Wildman–Crippen LogP) is 3.11. The van der Waals surface area contributed by atoms with Crippen LogP contribution in [0.25, 0.3) is 10.4 Å². The van der Waals surface area contributed by atoms with Crippen LogP contribution in [0.1, 0.15) is 11.1 Å². The molecule has 31 heavy (non-hydrogen) atoms. The maximum absolute atomic E-state index is 12.7. The third-order valence-corrected chi connectivity index (χ3v) is 6.95. The van der Waals surface area contributed by atoms with Gasteiger partial charge in [0, 0.05) is 12.0 Å². The molecule has 2 aromatic rings. The van der Waals surface area contributed by atoms with E-state index in [9.17, 15) is 16.8 Å². The Bertz CT molecular complexity index is 1130. The summed E-state index contributed by atoms with van der Waals surface area (Å²) in [6, 6.07) is 11.9. The summed E-state index contributed by atoms with van der Waals surface area (Å²) < 4.78 is 65.8. The van der Waals surface area contributed by atoms with E-state index in [0.717, 1.165) is 11.1 Å². The van der Waals surface area contributed by atoms with Crippen molar-refractivity contribution in [2.45, 2.75) is 35.8 Å². The summed E-state index contributed by atoms with van der Waals surface area (Å²) in [5, 5.41) is 3.37. The van der Waals surface area contributed by atoms with Crippen LogP contribution in [0.15, 0.2) is 63.4 Å². The Morgan fingerprint density at radius 3 is 1.81 bits per heavy atom. The van der Waals surface area contributed by atoms with Gasteiger partial charge in [0.15, 0.2) is 0 Å². The molecule has 2 rings (SSSR count). The first kappa shape index (κ1) is 24.8. The van der Waals surface area contributed by atoms with Crippen molar-refractivity contribution in [2.75, 3.05) is 20.3 Å². The van der Waals surface area contributed by atoms with Gasteiger partial charge in [-0.3, -0.25) is 8.37 Å². The quantitative estimate of drug-likeness (QED) is 0.213. The molecular weight excluding hydrogens is 446 g/mol. The molecule has 0 aliphatic carbocycles. The van der Waals surface area contributed by atoms with E-state index in [0.29, 0.717) is 0 Å². The van der Waals surface area contributed by atoms with Crippen LogP contribution >= 0.6 is 0 Å². The van der Waals surface area contributed by atoms with E-state index in [1.165, 1.54) is 31.4 Å². The summed E-state index contributed by atoms with van der Waals surface area (Å²) in [5.74, 6) is 0. The summed E-state index contributed by atoms with van der Waals surface area (Å²) in [5.41, 5.74) is 10.3. The molecule has 0 unspecified atom stereocenters. The normalized spacial score (nSPS) is 13.9. The smallest absolute Gasteiger partial charge is 0.297 e. The van der Waals surface area contributed by atoms with Crippen LogP contribution in [-0.2, 0) is 33.3 Å². The van der Waals surface area contributed by atoms with Crippen molar-refractivity contribution in [2.24, 2.45) is 5.11 Å². The van der Waals surface area contributed by atoms with Crippen LogP contribution in [0, 0.1) is 13.8 Å². The lowest BCUT2D eigenvalue weighted by Gasteiger charge is -2.24. The number of azide groups is 1. The van der Waals surface area contributed by atoms with Crippen molar-refractivity contribution in [1.29, 1.82) is 0 Å². The van der Waals surface area contributed by atoms with E-state index in [4.69, 9.17) is 18.6 Å². The molecule has 0 N–H and O–H groups in total. The van der Waals surface area contributed by atoms with Crippen LogP contribution < -0.4 is 0 Å². The number of methoxy groups -OCH3 is 1. The Balaban J connectivity index is 2.28. The van der Waals surface area contributed by atoms with Crippen molar-refractivity contribution in [3.05, 3.63) is 70.1 Å². The fourth-order valence-electron chi connectivity index (χ4n) is 2.51. The molecule has 0 fully saturated rings. The van der Waals surface area contributed by atoms with Gasteiger partial charge in [-0.25, -0.2) is 0 Å². The van der Waals surface area contributed by atoms with E-state index in [-0.39, 0.29) is 16.3 Å². The van der Waals surface area contributed by atoms with Gasteiger partial charge in [-0.1, -0.05) is 40.5 Å². The third kappa shape index (κ3) is 7.03. The van der Waals surface area contributed by atoms with Gasteiger partial charge in [0.2, 0.25) is 0 Å². The average molecular weight is 470 g/mol. The molecule has 0 amide bonds. The summed E-state index contributed by atoms with van der Waals surface area (Å²) in [6.45, 7) is 2.62. The summed E-state index contributed by atoms with van der Waals surface area (Å²) >= 11 is 0. The lowest BCUT2D eigenvalue weighted by molar-refractivity contribution is -0.00934. The molecule has 0 aromatic heterocycles. The van der Waals surface area contributed by atoms with Gasteiger partial charge in [0.05, 0.1) is 29.0 Å². The molecule has 0 saturated heterocycles. The summed E-state index contributed by atoms with van der Waals surface area (Å²) in [7, 11) is -7.23. The van der Waals surface area contributed by atoms with Gasteiger partial charge < -0.3 is 4.74 Å². The van der Waals surface area contributed by atoms with Crippen molar-refractivity contribution < 1.29 is 29.9 Å². The Morgan fingerprint density at radius 2 is 1.35 bits per heavy atom. The van der Waals surface area contributed by atoms with Crippen molar-refractivity contribution in [3.63, 3.8) is 0 Å². The van der Waals surface area contributed by atoms with Gasteiger partial charge in [0.25, 0.3) is 20.2 Å². The highest BCUT2D eigenvalue weighted by atomic mass is 32.2. The highest BCUT2D eigenvalue weighted by Gasteiger charge is 2.31. The van der Waals surface area contributed by atoms with Crippen LogP contribution in [0.2, 0.25) is 0 Å². The van der Waals surface area contributed by atoms with Crippen molar-refractivity contribution in [3.8, 4) is 0 Å². The molecule has 0 bridgehead atoms. The van der Waals surface area contributed by atoms with Gasteiger partial charge in [0.1, 0.15) is 6.10 Å². The van der Waals surface area contributed by atoms with Crippen LogP contribution in [-0.4, -0.2) is 49.3 Å². The zero-order valence-corrected chi connectivity index (χ0v) is 18.8. The van der Waals surface area contributed by atoms with E-state index in [1.807, 2.05) is 0 Å². The van der Waals surface area contributed by atoms with E-state index < -0.39 is 39.1 Å². The molecule has 2 atom stereocenters. The molecule has 0 aliphatic heterocycles. The maximum Gasteiger partial charge on any atom is 0.297 e. The standard InChI is InChI=1S/C19H23N3O7S2/c1-14-4-8-16(9-5-14)30(23,24)28-13-19(18(27-3)12-21-22-20)29-31(25,26)17-10-6-15(2)7-11-17/h4-11,18-19H,12-13H2,1-3H3/t18-,19-/m0/s1. The second-order valence-electron chi connectivity index (χ2n) is 6.64. The lowest BCUT2D eigenvalue weighted by atomic mass is 10.2. The monoisotopic (exact) mass is 469 g/mol. The molecule has 12 heteroatoms. The molecule has 10 nitrogen and oxygen atoms in total. The number of benzene rings is 2. The molecule has 2 aromatic carbocycles. The van der Waals surface area contributed by atoms with E-state index in [1.54, 1.807) is 38.1 Å². The number of aryl methyl sites for hydroxylation is 2. The molecule has 0 aliphatic rings. The molecule has 0 saturated carbocycles. The van der Waals surface area contributed by atoms with Crippen LogP contribution in [0.4, 0.5) is 0 Å². The SMILES string of the molecule is CO[C@@H](CN=[N+]=[N-])[C@H](COS(=O)(=O)c1ccc(C)cc1)OS(=O)(=O)c1ccc(C)cc1. The lowest BCUT2D eigenvalue weighted by Crippen LogP contribution is -2.39. The third-order valence-electron chi connectivity index (χ3n) is 4.30. The number of ether oxygens (including phenoxy) is 1. The maximum atomic E-state index is 12.7. The molecular formula is C19H23N3O7S2. The number of rotatable bonds is 11. The minimum absolute atomic E-state index is 0.0951. The van der Waals surface area contributed by atoms with Gasteiger partial charge in [-0.05, 0) is 43.6 Å². The van der Waals surface area contributed by atoms with E-state index >= 15 is 0 Å². The van der Waals surface area contributed by atoms with Gasteiger partial charge >= 0.3 is 0 Å². The largest absolute Gasteiger partial charge is 0.378 e. The molecule has 168 valence electrons. The summed E-state index contributed by atoms with van der Waals surface area (Å²) in [4.78, 5) is 2.40. The first-order valence-electron chi connectivity index (χ1n) is 9.09. The van der Waals surface area contributed by atoms with Gasteiger partial charge in [-0.15, -0.1) is 0 Å². The Morgan fingerprint density at radius 1 is 0.871 bits per heavy atom. The Hall–Kier alpha value is -2.47. The van der Waals surface area contributed by atoms with Gasteiger partial charge in [-0.2, -0.15) is 16.8 Å². The van der Waals surface area contributed by atoms with Crippen molar-refractivity contribution in [1.82, 2.24) is 0 Å². The fourth-order valence-corrected chi connectivity index (χ4v) is 4.51. The minimum Gasteiger partial charge on any atom is -0.378 e. The highest BCUT2D eigenvalue weighted by Crippen LogP contribution is 2.20. The predicted molar refractivity (Wildman–Crippen MR) is 112 cm³/mol. The molecule has 0 spiro atoms. The van der Waals surface area contributed by atoms with Crippen LogP contribution in [0.5, 0.6) is 0 Å². The fraction of sp³-hybridized carbons (Fsp3) is 0.368. The second-order valence-corrected chi connectivity index (χ2v) is 9.83. The zero-order valence-electron chi connectivity index (χ0n) is 17.2. The van der Waals surface area contributed by atoms with E-state index in [2.05, 4.69) is 10.0 Å². The number of nitrogens with zero attached hydrogens (tertiary/aromatic N) is 3. The average Bonchev–Trinajstić information content (AvgIpc) is 2.73. The first-order chi connectivity index (χ1) is 14.6. The van der Waals surface area contributed by atoms with Crippen LogP contribution in [0.3, 0.4) is 0 Å². The summed E-state index contributed by atoms with van der Waals surface area (Å²) in [6.07, 6.45) is -2.48. The zero-order chi connectivity index (χ0) is 23.1. The molecule has 0 radical (unpaired) electrons. The van der Waals surface area contributed by atoms with Crippen molar-refractivity contribution >= 4 is 20.2 Å². The topological polar surface area (TPSA) is 145 Å². The number of hydrogen-bond donors (Lipinski definition) is 0. The Kier molecular flexibility index (Phi) is 8.57. The molecule has 0 heterocycles. The minimum atomic E-state index is -4.28. The second kappa shape index (κ2) is 10.7. The first-order valence-corrected chi connectivity index (χ1v) is 11.9. The Labute approximate surface area is 181 Å².